The Morgan fingerprint density at radius 1 is 1.14 bits per heavy atom. The first-order chi connectivity index (χ1) is 6.49. The Morgan fingerprint density at radius 3 is 2.00 bits per heavy atom. The number of nitrogens with one attached hydrogen (secondary N) is 2. The van der Waals surface area contributed by atoms with Crippen LogP contribution >= 0.6 is 0 Å². The Morgan fingerprint density at radius 2 is 1.64 bits per heavy atom. The predicted octanol–water partition coefficient (Wildman–Crippen LogP) is 1.25. The van der Waals surface area contributed by atoms with E-state index in [0.717, 1.165) is 6.54 Å². The van der Waals surface area contributed by atoms with Crippen molar-refractivity contribution in [3.63, 3.8) is 0 Å². The second kappa shape index (κ2) is 6.82. The van der Waals surface area contributed by atoms with Crippen molar-refractivity contribution in [2.75, 3.05) is 20.1 Å². The molecule has 2 N–H and O–H groups in total. The molecule has 14 heavy (non-hydrogen) atoms. The molecule has 0 aromatic heterocycles. The molecule has 0 atom stereocenters. The summed E-state index contributed by atoms with van der Waals surface area (Å²) in [5.74, 6) is 1.88. The van der Waals surface area contributed by atoms with Gasteiger partial charge in [0.1, 0.15) is 0 Å². The lowest BCUT2D eigenvalue weighted by atomic mass is 9.85. The molecule has 0 fully saturated rings. The Hall–Kier alpha value is -0.570. The zero-order valence-corrected chi connectivity index (χ0v) is 10.1. The molecule has 0 spiro atoms. The van der Waals surface area contributed by atoms with Gasteiger partial charge in [-0.1, -0.05) is 27.7 Å². The minimum absolute atomic E-state index is 0.0822. The second-order valence-corrected chi connectivity index (χ2v) is 4.49. The molecule has 84 valence electrons. The SMILES string of the molecule is CNCC(=O)NCC(C(C)C)C(C)C. The highest BCUT2D eigenvalue weighted by Crippen LogP contribution is 2.19. The molecule has 0 aliphatic rings. The van der Waals surface area contributed by atoms with Gasteiger partial charge in [0.05, 0.1) is 6.54 Å². The van der Waals surface area contributed by atoms with E-state index in [1.807, 2.05) is 0 Å². The number of hydrogen-bond donors (Lipinski definition) is 2. The summed E-state index contributed by atoms with van der Waals surface area (Å²) in [4.78, 5) is 11.2. The fraction of sp³-hybridized carbons (Fsp3) is 0.909. The third kappa shape index (κ3) is 5.22. The van der Waals surface area contributed by atoms with Crippen LogP contribution in [0.2, 0.25) is 0 Å². The zero-order valence-electron chi connectivity index (χ0n) is 10.1. The van der Waals surface area contributed by atoms with Gasteiger partial charge in [-0.25, -0.2) is 0 Å². The minimum Gasteiger partial charge on any atom is -0.355 e. The summed E-state index contributed by atoms with van der Waals surface area (Å²) >= 11 is 0. The smallest absolute Gasteiger partial charge is 0.233 e. The Bertz CT molecular complexity index is 159. The van der Waals surface area contributed by atoms with Crippen molar-refractivity contribution >= 4 is 5.91 Å². The number of carbonyl (C=O) groups is 1. The molecule has 0 saturated carbocycles. The number of carbonyl (C=O) groups excluding carboxylic acids is 1. The third-order valence-corrected chi connectivity index (χ3v) is 2.58. The lowest BCUT2D eigenvalue weighted by Gasteiger charge is -2.25. The lowest BCUT2D eigenvalue weighted by Crippen LogP contribution is -2.38. The number of amides is 1. The molecule has 0 saturated heterocycles. The first kappa shape index (κ1) is 13.4. The van der Waals surface area contributed by atoms with Crippen molar-refractivity contribution in [2.45, 2.75) is 27.7 Å². The van der Waals surface area contributed by atoms with E-state index in [2.05, 4.69) is 38.3 Å². The summed E-state index contributed by atoms with van der Waals surface area (Å²) in [5.41, 5.74) is 0. The summed E-state index contributed by atoms with van der Waals surface area (Å²) in [5, 5.41) is 5.78. The van der Waals surface area contributed by atoms with E-state index in [9.17, 15) is 4.79 Å². The van der Waals surface area contributed by atoms with E-state index >= 15 is 0 Å². The van der Waals surface area contributed by atoms with E-state index in [1.54, 1.807) is 7.05 Å². The molecular formula is C11H24N2O. The highest BCUT2D eigenvalue weighted by molar-refractivity contribution is 5.77. The predicted molar refractivity (Wildman–Crippen MR) is 60.1 cm³/mol. The maximum Gasteiger partial charge on any atom is 0.233 e. The fourth-order valence-electron chi connectivity index (χ4n) is 1.70. The Balaban J connectivity index is 3.88. The highest BCUT2D eigenvalue weighted by atomic mass is 16.1. The summed E-state index contributed by atoms with van der Waals surface area (Å²) in [6.45, 7) is 10.0. The van der Waals surface area contributed by atoms with Gasteiger partial charge < -0.3 is 10.6 Å². The lowest BCUT2D eigenvalue weighted by molar-refractivity contribution is -0.120. The van der Waals surface area contributed by atoms with Gasteiger partial charge in [-0.15, -0.1) is 0 Å². The van der Waals surface area contributed by atoms with Gasteiger partial charge in [0, 0.05) is 6.54 Å². The van der Waals surface area contributed by atoms with Crippen molar-refractivity contribution in [1.82, 2.24) is 10.6 Å². The normalized spacial score (nSPS) is 11.4. The quantitative estimate of drug-likeness (QED) is 0.677. The van der Waals surface area contributed by atoms with Gasteiger partial charge in [-0.3, -0.25) is 4.79 Å². The Labute approximate surface area is 87.6 Å². The van der Waals surface area contributed by atoms with Crippen LogP contribution in [0.25, 0.3) is 0 Å². The average molecular weight is 200 g/mol. The molecule has 0 bridgehead atoms. The van der Waals surface area contributed by atoms with E-state index in [1.165, 1.54) is 0 Å². The molecule has 0 rings (SSSR count). The molecule has 0 aromatic rings. The molecule has 1 amide bonds. The van der Waals surface area contributed by atoms with Crippen LogP contribution in [0.3, 0.4) is 0 Å². The van der Waals surface area contributed by atoms with Crippen LogP contribution in [-0.4, -0.2) is 26.0 Å². The van der Waals surface area contributed by atoms with Crippen molar-refractivity contribution in [2.24, 2.45) is 17.8 Å². The van der Waals surface area contributed by atoms with Crippen LogP contribution in [0.1, 0.15) is 27.7 Å². The van der Waals surface area contributed by atoms with E-state index in [-0.39, 0.29) is 5.91 Å². The average Bonchev–Trinajstić information content (AvgIpc) is 2.03. The first-order valence-corrected chi connectivity index (χ1v) is 5.40. The van der Waals surface area contributed by atoms with Crippen molar-refractivity contribution in [3.8, 4) is 0 Å². The zero-order chi connectivity index (χ0) is 11.1. The molecule has 3 nitrogen and oxygen atoms in total. The van der Waals surface area contributed by atoms with Crippen LogP contribution in [0.15, 0.2) is 0 Å². The molecule has 0 aliphatic heterocycles. The van der Waals surface area contributed by atoms with Crippen LogP contribution in [-0.2, 0) is 4.79 Å². The largest absolute Gasteiger partial charge is 0.355 e. The van der Waals surface area contributed by atoms with Gasteiger partial charge in [-0.05, 0) is 24.8 Å². The van der Waals surface area contributed by atoms with Crippen LogP contribution in [0.4, 0.5) is 0 Å². The molecule has 0 radical (unpaired) electrons. The molecular weight excluding hydrogens is 176 g/mol. The van der Waals surface area contributed by atoms with Crippen LogP contribution in [0, 0.1) is 17.8 Å². The number of rotatable bonds is 6. The van der Waals surface area contributed by atoms with E-state index in [4.69, 9.17) is 0 Å². The molecule has 0 unspecified atom stereocenters. The van der Waals surface area contributed by atoms with Gasteiger partial charge in [0.2, 0.25) is 5.91 Å². The summed E-state index contributed by atoms with van der Waals surface area (Å²) in [7, 11) is 1.78. The monoisotopic (exact) mass is 200 g/mol. The maximum absolute atomic E-state index is 11.2. The Kier molecular flexibility index (Phi) is 6.54. The van der Waals surface area contributed by atoms with Crippen molar-refractivity contribution < 1.29 is 4.79 Å². The molecule has 0 aromatic carbocycles. The van der Waals surface area contributed by atoms with Gasteiger partial charge >= 0.3 is 0 Å². The standard InChI is InChI=1S/C11H24N2O/c1-8(2)10(9(3)4)6-13-11(14)7-12-5/h8-10,12H,6-7H2,1-5H3,(H,13,14). The highest BCUT2D eigenvalue weighted by Gasteiger charge is 2.17. The molecule has 0 aliphatic carbocycles. The van der Waals surface area contributed by atoms with Crippen LogP contribution < -0.4 is 10.6 Å². The number of hydrogen-bond acceptors (Lipinski definition) is 2. The topological polar surface area (TPSA) is 41.1 Å². The first-order valence-electron chi connectivity index (χ1n) is 5.40. The van der Waals surface area contributed by atoms with E-state index in [0.29, 0.717) is 24.3 Å². The second-order valence-electron chi connectivity index (χ2n) is 4.49. The fourth-order valence-corrected chi connectivity index (χ4v) is 1.70. The van der Waals surface area contributed by atoms with Crippen molar-refractivity contribution in [1.29, 1.82) is 0 Å². The maximum atomic E-state index is 11.2. The van der Waals surface area contributed by atoms with Crippen LogP contribution in [0.5, 0.6) is 0 Å². The van der Waals surface area contributed by atoms with Gasteiger partial charge in [0.25, 0.3) is 0 Å². The summed E-state index contributed by atoms with van der Waals surface area (Å²) in [6, 6.07) is 0. The third-order valence-electron chi connectivity index (χ3n) is 2.58. The van der Waals surface area contributed by atoms with Gasteiger partial charge in [0.15, 0.2) is 0 Å². The molecule has 0 heterocycles. The van der Waals surface area contributed by atoms with Crippen molar-refractivity contribution in [3.05, 3.63) is 0 Å². The minimum atomic E-state index is 0.0822. The molecule has 3 heteroatoms. The van der Waals surface area contributed by atoms with Gasteiger partial charge in [-0.2, -0.15) is 0 Å². The van der Waals surface area contributed by atoms with E-state index < -0.39 is 0 Å². The summed E-state index contributed by atoms with van der Waals surface area (Å²) < 4.78 is 0. The number of likely N-dealkylation sites (N-methyl/N-ethyl adjacent to an activating group) is 1. The summed E-state index contributed by atoms with van der Waals surface area (Å²) in [6.07, 6.45) is 0.